The lowest BCUT2D eigenvalue weighted by Gasteiger charge is -2.55. The maximum atomic E-state index is 12.4. The van der Waals surface area contributed by atoms with Crippen LogP contribution in [0.25, 0.3) is 0 Å². The van der Waals surface area contributed by atoms with Crippen LogP contribution in [0, 0.1) is 23.2 Å². The molecule has 0 heterocycles. The van der Waals surface area contributed by atoms with Crippen molar-refractivity contribution in [1.29, 1.82) is 0 Å². The molecule has 0 aliphatic heterocycles. The van der Waals surface area contributed by atoms with Crippen LogP contribution >= 0.6 is 0 Å². The molecule has 0 aromatic carbocycles. The minimum absolute atomic E-state index is 0.0407. The molecule has 4 bridgehead atoms. The van der Waals surface area contributed by atoms with Crippen molar-refractivity contribution in [3.05, 3.63) is 0 Å². The standard InChI is InChI=1S/C14H23NO/c1-9(2)15-13(16)14-6-10-3-11(7-14)5-12(4-10)8-14/h9-12H,3-8H2,1-2H3,(H,15,16). The SMILES string of the molecule is CC(C)NC(=O)C12CC3CC(CC(C3)C1)C2. The van der Waals surface area contributed by atoms with Crippen LogP contribution in [-0.4, -0.2) is 11.9 Å². The minimum Gasteiger partial charge on any atom is -0.353 e. The first-order valence-corrected chi connectivity index (χ1v) is 6.88. The van der Waals surface area contributed by atoms with E-state index < -0.39 is 0 Å². The first-order valence-electron chi connectivity index (χ1n) is 6.88. The number of hydrogen-bond acceptors (Lipinski definition) is 1. The van der Waals surface area contributed by atoms with Gasteiger partial charge in [-0.15, -0.1) is 0 Å². The van der Waals surface area contributed by atoms with E-state index in [9.17, 15) is 4.79 Å². The van der Waals surface area contributed by atoms with Gasteiger partial charge in [0.15, 0.2) is 0 Å². The summed E-state index contributed by atoms with van der Waals surface area (Å²) in [5.74, 6) is 2.96. The van der Waals surface area contributed by atoms with E-state index in [0.717, 1.165) is 17.8 Å². The maximum absolute atomic E-state index is 12.4. The predicted molar refractivity (Wildman–Crippen MR) is 63.9 cm³/mol. The Morgan fingerprint density at radius 2 is 1.50 bits per heavy atom. The second kappa shape index (κ2) is 3.48. The Morgan fingerprint density at radius 1 is 1.06 bits per heavy atom. The normalized spacial score (nSPS) is 45.1. The number of rotatable bonds is 2. The Bertz CT molecular complexity index is 273. The number of amides is 1. The van der Waals surface area contributed by atoms with Crippen LogP contribution in [0.5, 0.6) is 0 Å². The summed E-state index contributed by atoms with van der Waals surface area (Å²) < 4.78 is 0. The summed E-state index contributed by atoms with van der Waals surface area (Å²) in [4.78, 5) is 12.4. The van der Waals surface area contributed by atoms with Gasteiger partial charge in [0.1, 0.15) is 0 Å². The molecule has 4 aliphatic carbocycles. The van der Waals surface area contributed by atoms with E-state index in [-0.39, 0.29) is 5.41 Å². The van der Waals surface area contributed by atoms with E-state index >= 15 is 0 Å². The fourth-order valence-electron chi connectivity index (χ4n) is 4.80. The van der Waals surface area contributed by atoms with E-state index in [4.69, 9.17) is 0 Å². The first kappa shape index (κ1) is 10.6. The van der Waals surface area contributed by atoms with Gasteiger partial charge in [-0.1, -0.05) is 0 Å². The molecule has 0 unspecified atom stereocenters. The zero-order valence-electron chi connectivity index (χ0n) is 10.5. The molecule has 1 N–H and O–H groups in total. The lowest BCUT2D eigenvalue weighted by molar-refractivity contribution is -0.146. The van der Waals surface area contributed by atoms with E-state index in [0.29, 0.717) is 11.9 Å². The molecule has 4 rings (SSSR count). The minimum atomic E-state index is 0.0407. The highest BCUT2D eigenvalue weighted by molar-refractivity contribution is 5.83. The third-order valence-corrected chi connectivity index (χ3v) is 4.94. The molecular formula is C14H23NO. The van der Waals surface area contributed by atoms with Gasteiger partial charge in [-0.05, 0) is 70.1 Å². The Morgan fingerprint density at radius 3 is 1.88 bits per heavy atom. The summed E-state index contributed by atoms with van der Waals surface area (Å²) in [6.07, 6.45) is 7.77. The van der Waals surface area contributed by atoms with E-state index in [1.165, 1.54) is 38.5 Å². The molecule has 16 heavy (non-hydrogen) atoms. The largest absolute Gasteiger partial charge is 0.353 e. The van der Waals surface area contributed by atoms with Crippen LogP contribution in [0.3, 0.4) is 0 Å². The van der Waals surface area contributed by atoms with E-state index in [1.54, 1.807) is 0 Å². The highest BCUT2D eigenvalue weighted by Crippen LogP contribution is 2.60. The van der Waals surface area contributed by atoms with Crippen molar-refractivity contribution >= 4 is 5.91 Å². The summed E-state index contributed by atoms with van der Waals surface area (Å²) in [6, 6.07) is 0.292. The third kappa shape index (κ3) is 1.57. The highest BCUT2D eigenvalue weighted by Gasteiger charge is 2.54. The zero-order valence-corrected chi connectivity index (χ0v) is 10.5. The van der Waals surface area contributed by atoms with Gasteiger partial charge in [0.05, 0.1) is 0 Å². The number of nitrogens with one attached hydrogen (secondary N) is 1. The van der Waals surface area contributed by atoms with Crippen molar-refractivity contribution in [2.45, 2.75) is 58.4 Å². The Kier molecular flexibility index (Phi) is 2.31. The highest BCUT2D eigenvalue weighted by atomic mass is 16.2. The summed E-state index contributed by atoms with van der Waals surface area (Å²) in [5, 5.41) is 3.16. The van der Waals surface area contributed by atoms with Crippen molar-refractivity contribution in [3.8, 4) is 0 Å². The van der Waals surface area contributed by atoms with Crippen LogP contribution in [0.1, 0.15) is 52.4 Å². The summed E-state index contributed by atoms with van der Waals surface area (Å²) >= 11 is 0. The Hall–Kier alpha value is -0.530. The van der Waals surface area contributed by atoms with Crippen molar-refractivity contribution < 1.29 is 4.79 Å². The van der Waals surface area contributed by atoms with E-state index in [2.05, 4.69) is 19.2 Å². The second-order valence-electron chi connectivity index (χ2n) is 6.83. The van der Waals surface area contributed by atoms with Crippen LogP contribution in [0.4, 0.5) is 0 Å². The summed E-state index contributed by atoms with van der Waals surface area (Å²) in [5.41, 5.74) is 0.0407. The molecule has 0 spiro atoms. The molecule has 0 aromatic heterocycles. The molecule has 0 radical (unpaired) electrons. The number of carbonyl (C=O) groups excluding carboxylic acids is 1. The number of hydrogen-bond donors (Lipinski definition) is 1. The van der Waals surface area contributed by atoms with Gasteiger partial charge < -0.3 is 5.32 Å². The monoisotopic (exact) mass is 221 g/mol. The Balaban J connectivity index is 1.80. The summed E-state index contributed by atoms with van der Waals surface area (Å²) in [6.45, 7) is 4.14. The molecule has 2 nitrogen and oxygen atoms in total. The topological polar surface area (TPSA) is 29.1 Å². The van der Waals surface area contributed by atoms with Gasteiger partial charge in [-0.3, -0.25) is 4.79 Å². The molecule has 2 heteroatoms. The van der Waals surface area contributed by atoms with Crippen molar-refractivity contribution in [2.75, 3.05) is 0 Å². The van der Waals surface area contributed by atoms with Crippen LogP contribution in [0.15, 0.2) is 0 Å². The molecule has 4 fully saturated rings. The average Bonchev–Trinajstić information content (AvgIpc) is 2.13. The van der Waals surface area contributed by atoms with Gasteiger partial charge in [0, 0.05) is 11.5 Å². The lowest BCUT2D eigenvalue weighted by Crippen LogP contribution is -2.54. The Labute approximate surface area is 98.2 Å². The quantitative estimate of drug-likeness (QED) is 0.763. The molecule has 0 saturated heterocycles. The van der Waals surface area contributed by atoms with Crippen molar-refractivity contribution in [2.24, 2.45) is 23.2 Å². The van der Waals surface area contributed by atoms with Crippen LogP contribution in [-0.2, 0) is 4.79 Å². The average molecular weight is 221 g/mol. The molecule has 90 valence electrons. The molecule has 0 aromatic rings. The van der Waals surface area contributed by atoms with Gasteiger partial charge in [-0.25, -0.2) is 0 Å². The fourth-order valence-corrected chi connectivity index (χ4v) is 4.80. The molecule has 1 amide bonds. The molecule has 0 atom stereocenters. The fraction of sp³-hybridized carbons (Fsp3) is 0.929. The van der Waals surface area contributed by atoms with Gasteiger partial charge in [0.2, 0.25) is 5.91 Å². The van der Waals surface area contributed by atoms with Gasteiger partial charge in [-0.2, -0.15) is 0 Å². The predicted octanol–water partition coefficient (Wildman–Crippen LogP) is 2.73. The smallest absolute Gasteiger partial charge is 0.226 e. The second-order valence-corrected chi connectivity index (χ2v) is 6.83. The van der Waals surface area contributed by atoms with Crippen LogP contribution < -0.4 is 5.32 Å². The lowest BCUT2D eigenvalue weighted by atomic mass is 9.49. The van der Waals surface area contributed by atoms with Crippen molar-refractivity contribution in [3.63, 3.8) is 0 Å². The third-order valence-electron chi connectivity index (χ3n) is 4.94. The molecule has 4 aliphatic rings. The van der Waals surface area contributed by atoms with E-state index in [1.807, 2.05) is 0 Å². The molecule has 4 saturated carbocycles. The zero-order chi connectivity index (χ0) is 11.3. The molecular weight excluding hydrogens is 198 g/mol. The van der Waals surface area contributed by atoms with Crippen LogP contribution in [0.2, 0.25) is 0 Å². The van der Waals surface area contributed by atoms with Crippen molar-refractivity contribution in [1.82, 2.24) is 5.32 Å². The summed E-state index contributed by atoms with van der Waals surface area (Å²) in [7, 11) is 0. The number of carbonyl (C=O) groups is 1. The van der Waals surface area contributed by atoms with Gasteiger partial charge >= 0.3 is 0 Å². The first-order chi connectivity index (χ1) is 7.57. The maximum Gasteiger partial charge on any atom is 0.226 e. The van der Waals surface area contributed by atoms with Gasteiger partial charge in [0.25, 0.3) is 0 Å².